The summed E-state index contributed by atoms with van der Waals surface area (Å²) >= 11 is 0. The van der Waals surface area contributed by atoms with Gasteiger partial charge in [0, 0.05) is 6.54 Å². The van der Waals surface area contributed by atoms with Crippen molar-refractivity contribution in [2.24, 2.45) is 0 Å². The summed E-state index contributed by atoms with van der Waals surface area (Å²) < 4.78 is 0. The third-order valence-corrected chi connectivity index (χ3v) is 2.48. The van der Waals surface area contributed by atoms with Crippen molar-refractivity contribution >= 4 is 5.97 Å². The summed E-state index contributed by atoms with van der Waals surface area (Å²) in [5.41, 5.74) is 2.16. The van der Waals surface area contributed by atoms with Crippen LogP contribution in [0.1, 0.15) is 13.3 Å². The van der Waals surface area contributed by atoms with Crippen LogP contribution in [-0.4, -0.2) is 23.7 Å². The fraction of sp³-hybridized carbons (Fsp3) is 0.308. The Morgan fingerprint density at radius 3 is 2.81 bits per heavy atom. The van der Waals surface area contributed by atoms with E-state index in [1.165, 1.54) is 0 Å². The predicted molar refractivity (Wildman–Crippen MR) is 65.2 cm³/mol. The number of hydrogen-bond acceptors (Lipinski definition) is 2. The molecule has 1 fully saturated rings. The van der Waals surface area contributed by atoms with Gasteiger partial charge < -0.3 is 10.4 Å². The van der Waals surface area contributed by atoms with E-state index in [1.54, 1.807) is 6.08 Å². The summed E-state index contributed by atoms with van der Waals surface area (Å²) in [5.74, 6) is -0.806. The molecule has 3 nitrogen and oxygen atoms in total. The molecule has 0 saturated carbocycles. The van der Waals surface area contributed by atoms with E-state index in [0.717, 1.165) is 11.1 Å². The highest BCUT2D eigenvalue weighted by atomic mass is 16.4. The van der Waals surface area contributed by atoms with Crippen LogP contribution in [0.25, 0.3) is 0 Å². The maximum absolute atomic E-state index is 10.9. The second kappa shape index (κ2) is 6.08. The van der Waals surface area contributed by atoms with E-state index in [9.17, 15) is 4.79 Å². The molecular weight excluding hydrogens is 202 g/mol. The number of hydrogen-bond donors (Lipinski definition) is 2. The molecule has 1 heterocycles. The molecule has 0 amide bonds. The van der Waals surface area contributed by atoms with Gasteiger partial charge in [0.2, 0.25) is 0 Å². The average molecular weight is 219 g/mol. The Hall–Kier alpha value is -1.61. The van der Waals surface area contributed by atoms with Crippen LogP contribution in [0.3, 0.4) is 0 Å². The molecule has 1 atom stereocenters. The second-order valence-corrected chi connectivity index (χ2v) is 3.62. The van der Waals surface area contributed by atoms with Crippen molar-refractivity contribution < 1.29 is 9.90 Å². The summed E-state index contributed by atoms with van der Waals surface area (Å²) in [6, 6.07) is -0.492. The average Bonchev–Trinajstić information content (AvgIpc) is 2.27. The first-order chi connectivity index (χ1) is 7.69. The Morgan fingerprint density at radius 2 is 2.25 bits per heavy atom. The Bertz CT molecular complexity index is 364. The van der Waals surface area contributed by atoms with Crippen LogP contribution >= 0.6 is 0 Å². The van der Waals surface area contributed by atoms with Gasteiger partial charge in [0.25, 0.3) is 0 Å². The highest BCUT2D eigenvalue weighted by molar-refractivity contribution is 5.75. The molecule has 0 radical (unpaired) electrons. The largest absolute Gasteiger partial charge is 0.480 e. The van der Waals surface area contributed by atoms with Crippen LogP contribution in [0.2, 0.25) is 0 Å². The zero-order chi connectivity index (χ0) is 12.0. The monoisotopic (exact) mass is 219 g/mol. The molecule has 1 aliphatic heterocycles. The molecule has 1 unspecified atom stereocenters. The van der Waals surface area contributed by atoms with Gasteiger partial charge in [-0.2, -0.15) is 0 Å². The van der Waals surface area contributed by atoms with E-state index in [-0.39, 0.29) is 0 Å². The molecular formula is C13H17NO2. The van der Waals surface area contributed by atoms with Crippen molar-refractivity contribution in [2.45, 2.75) is 19.4 Å². The lowest BCUT2D eigenvalue weighted by Crippen LogP contribution is -2.42. The third-order valence-electron chi connectivity index (χ3n) is 2.48. The van der Waals surface area contributed by atoms with Crippen LogP contribution in [0, 0.1) is 0 Å². The fourth-order valence-electron chi connectivity index (χ4n) is 1.64. The highest BCUT2D eigenvalue weighted by Gasteiger charge is 2.24. The summed E-state index contributed by atoms with van der Waals surface area (Å²) in [7, 11) is 0. The minimum absolute atomic E-state index is 0.492. The topological polar surface area (TPSA) is 49.3 Å². The van der Waals surface area contributed by atoms with Crippen LogP contribution < -0.4 is 5.32 Å². The number of carbonyl (C=O) groups is 1. The zero-order valence-electron chi connectivity index (χ0n) is 9.44. The second-order valence-electron chi connectivity index (χ2n) is 3.62. The van der Waals surface area contributed by atoms with Gasteiger partial charge in [-0.25, -0.2) is 0 Å². The summed E-state index contributed by atoms with van der Waals surface area (Å²) in [5, 5.41) is 11.9. The van der Waals surface area contributed by atoms with Crippen molar-refractivity contribution in [2.75, 3.05) is 6.54 Å². The molecule has 0 aliphatic carbocycles. The molecule has 3 heteroatoms. The number of rotatable bonds is 3. The third kappa shape index (κ3) is 3.21. The van der Waals surface area contributed by atoms with Gasteiger partial charge in [0.15, 0.2) is 0 Å². The van der Waals surface area contributed by atoms with Crippen molar-refractivity contribution in [3.05, 3.63) is 48.1 Å². The van der Waals surface area contributed by atoms with Crippen LogP contribution in [-0.2, 0) is 4.79 Å². The molecule has 16 heavy (non-hydrogen) atoms. The summed E-state index contributed by atoms with van der Waals surface area (Å²) in [6.45, 7) is 6.18. The molecule has 0 bridgehead atoms. The van der Waals surface area contributed by atoms with E-state index >= 15 is 0 Å². The first kappa shape index (κ1) is 12.5. The van der Waals surface area contributed by atoms with Crippen LogP contribution in [0.5, 0.6) is 0 Å². The number of allylic oxidation sites excluding steroid dienone is 5. The van der Waals surface area contributed by atoms with Gasteiger partial charge >= 0.3 is 5.97 Å². The van der Waals surface area contributed by atoms with E-state index in [0.29, 0.717) is 13.0 Å². The van der Waals surface area contributed by atoms with Crippen molar-refractivity contribution in [3.63, 3.8) is 0 Å². The number of nitrogens with one attached hydrogen (secondary N) is 1. The highest BCUT2D eigenvalue weighted by Crippen LogP contribution is 2.21. The van der Waals surface area contributed by atoms with Crippen molar-refractivity contribution in [1.29, 1.82) is 0 Å². The Kier molecular flexibility index (Phi) is 4.73. The van der Waals surface area contributed by atoms with Gasteiger partial charge in [-0.15, -0.1) is 0 Å². The van der Waals surface area contributed by atoms with Gasteiger partial charge in [-0.1, -0.05) is 37.0 Å². The van der Waals surface area contributed by atoms with Crippen LogP contribution in [0.4, 0.5) is 0 Å². The summed E-state index contributed by atoms with van der Waals surface area (Å²) in [6.07, 6.45) is 9.98. The number of aliphatic carboxylic acids is 1. The smallest absolute Gasteiger partial charge is 0.321 e. The van der Waals surface area contributed by atoms with Gasteiger partial charge in [-0.3, -0.25) is 4.79 Å². The Balaban J connectivity index is 2.87. The molecule has 0 aromatic heterocycles. The van der Waals surface area contributed by atoms with Crippen molar-refractivity contribution in [1.82, 2.24) is 5.32 Å². The zero-order valence-corrected chi connectivity index (χ0v) is 9.44. The predicted octanol–water partition coefficient (Wildman–Crippen LogP) is 2.05. The Morgan fingerprint density at radius 1 is 1.50 bits per heavy atom. The standard InChI is InChI=1S/C13H17NO2/c1-3-5-7-11-9-14-12(13(15)16)8-10(11)6-4-2/h3-7,12,14H,2,8-9H2,1H3,(H,15,16)/b5-3-,10-6-,11-7-. The maximum Gasteiger partial charge on any atom is 0.321 e. The van der Waals surface area contributed by atoms with Gasteiger partial charge in [-0.05, 0) is 24.5 Å². The quantitative estimate of drug-likeness (QED) is 0.763. The molecule has 0 spiro atoms. The van der Waals surface area contributed by atoms with Gasteiger partial charge in [0.1, 0.15) is 6.04 Å². The normalized spacial score (nSPS) is 26.4. The van der Waals surface area contributed by atoms with E-state index < -0.39 is 12.0 Å². The lowest BCUT2D eigenvalue weighted by molar-refractivity contribution is -0.139. The molecule has 1 rings (SSSR count). The minimum Gasteiger partial charge on any atom is -0.480 e. The van der Waals surface area contributed by atoms with E-state index in [2.05, 4.69) is 11.9 Å². The first-order valence-corrected chi connectivity index (χ1v) is 5.29. The lowest BCUT2D eigenvalue weighted by atomic mass is 9.93. The SMILES string of the molecule is C=C/C=C1/CC(C(=O)O)NC/C1=C/C=C\C. The fourth-order valence-corrected chi connectivity index (χ4v) is 1.64. The lowest BCUT2D eigenvalue weighted by Gasteiger charge is -2.25. The van der Waals surface area contributed by atoms with Crippen LogP contribution in [0.15, 0.2) is 48.1 Å². The van der Waals surface area contributed by atoms with Crippen molar-refractivity contribution in [3.8, 4) is 0 Å². The summed E-state index contributed by atoms with van der Waals surface area (Å²) in [4.78, 5) is 10.9. The molecule has 1 saturated heterocycles. The molecule has 1 aliphatic rings. The molecule has 0 aromatic rings. The first-order valence-electron chi connectivity index (χ1n) is 5.29. The van der Waals surface area contributed by atoms with Gasteiger partial charge in [0.05, 0.1) is 0 Å². The number of carboxylic acids is 1. The molecule has 2 N–H and O–H groups in total. The number of carboxylic acid groups (broad SMARTS) is 1. The van der Waals surface area contributed by atoms with E-state index in [1.807, 2.05) is 31.2 Å². The molecule has 0 aromatic carbocycles. The minimum atomic E-state index is -0.806. The number of piperidine rings is 1. The Labute approximate surface area is 95.9 Å². The maximum atomic E-state index is 10.9. The molecule has 86 valence electrons. The van der Waals surface area contributed by atoms with E-state index in [4.69, 9.17) is 5.11 Å².